The number of methoxy groups -OCH3 is 1. The number of nitrogens with zero attached hydrogens (tertiary/aromatic N) is 2. The number of imide groups is 1. The maximum atomic E-state index is 13.0. The molecule has 0 saturated carbocycles. The second-order valence-corrected chi connectivity index (χ2v) is 7.33. The summed E-state index contributed by atoms with van der Waals surface area (Å²) >= 11 is 0. The second kappa shape index (κ2) is 7.98. The highest BCUT2D eigenvalue weighted by Gasteiger charge is 2.49. The minimum absolute atomic E-state index is 0.171. The average molecular weight is 373 g/mol. The number of carbonyl (C=O) groups excluding carboxylic acids is 3. The Morgan fingerprint density at radius 1 is 1.15 bits per heavy atom. The highest BCUT2D eigenvalue weighted by Crippen LogP contribution is 2.30. The van der Waals surface area contributed by atoms with E-state index in [4.69, 9.17) is 4.74 Å². The first-order valence-electron chi connectivity index (χ1n) is 9.52. The number of hydrogen-bond donors (Lipinski definition) is 1. The Labute approximate surface area is 159 Å². The van der Waals surface area contributed by atoms with Gasteiger partial charge in [0.05, 0.1) is 7.11 Å². The molecule has 2 heterocycles. The Balaban J connectivity index is 1.74. The fraction of sp³-hybridized carbons (Fsp3) is 0.550. The van der Waals surface area contributed by atoms with Crippen LogP contribution in [0.1, 0.15) is 44.6 Å². The van der Waals surface area contributed by atoms with Crippen LogP contribution in [0.15, 0.2) is 24.3 Å². The summed E-state index contributed by atoms with van der Waals surface area (Å²) in [6.07, 6.45) is 5.36. The molecule has 27 heavy (non-hydrogen) atoms. The van der Waals surface area contributed by atoms with Crippen LogP contribution in [0.3, 0.4) is 0 Å². The van der Waals surface area contributed by atoms with Crippen molar-refractivity contribution >= 4 is 17.8 Å². The topological polar surface area (TPSA) is 79.0 Å². The van der Waals surface area contributed by atoms with Crippen LogP contribution in [-0.4, -0.2) is 54.4 Å². The second-order valence-electron chi connectivity index (χ2n) is 7.33. The van der Waals surface area contributed by atoms with Gasteiger partial charge in [-0.05, 0) is 37.5 Å². The van der Waals surface area contributed by atoms with Crippen molar-refractivity contribution in [3.63, 3.8) is 0 Å². The van der Waals surface area contributed by atoms with Gasteiger partial charge in [0.25, 0.3) is 5.91 Å². The summed E-state index contributed by atoms with van der Waals surface area (Å²) in [6, 6.07) is 6.50. The van der Waals surface area contributed by atoms with Gasteiger partial charge in [0, 0.05) is 13.1 Å². The van der Waals surface area contributed by atoms with Gasteiger partial charge in [-0.15, -0.1) is 0 Å². The Morgan fingerprint density at radius 3 is 2.48 bits per heavy atom. The van der Waals surface area contributed by atoms with E-state index in [-0.39, 0.29) is 12.5 Å². The first-order chi connectivity index (χ1) is 13.0. The van der Waals surface area contributed by atoms with Gasteiger partial charge >= 0.3 is 6.03 Å². The van der Waals surface area contributed by atoms with Crippen molar-refractivity contribution in [3.05, 3.63) is 29.8 Å². The summed E-state index contributed by atoms with van der Waals surface area (Å²) in [5.74, 6) is 0.0161. The van der Waals surface area contributed by atoms with E-state index < -0.39 is 17.5 Å². The average Bonchev–Trinajstić information content (AvgIpc) is 2.85. The van der Waals surface area contributed by atoms with Gasteiger partial charge in [-0.25, -0.2) is 4.79 Å². The van der Waals surface area contributed by atoms with Crippen molar-refractivity contribution in [1.29, 1.82) is 0 Å². The lowest BCUT2D eigenvalue weighted by Crippen LogP contribution is -2.45. The number of nitrogens with one attached hydrogen (secondary N) is 1. The molecule has 7 heteroatoms. The van der Waals surface area contributed by atoms with Crippen LogP contribution in [0, 0.1) is 0 Å². The quantitative estimate of drug-likeness (QED) is 0.821. The van der Waals surface area contributed by atoms with Crippen molar-refractivity contribution < 1.29 is 19.1 Å². The molecule has 2 aliphatic heterocycles. The Bertz CT molecular complexity index is 728. The molecule has 7 nitrogen and oxygen atoms in total. The molecule has 3 rings (SSSR count). The SMILES string of the molecule is COc1cccc([C@@]2(C)NC(=O)N(CC(=O)N3CCCCCCC3)C2=O)c1. The Morgan fingerprint density at radius 2 is 1.81 bits per heavy atom. The van der Waals surface area contributed by atoms with Crippen LogP contribution >= 0.6 is 0 Å². The summed E-state index contributed by atoms with van der Waals surface area (Å²) in [4.78, 5) is 41.0. The molecule has 146 valence electrons. The van der Waals surface area contributed by atoms with Gasteiger partial charge in [-0.3, -0.25) is 14.5 Å². The van der Waals surface area contributed by atoms with Crippen molar-refractivity contribution in [2.75, 3.05) is 26.7 Å². The molecule has 0 bridgehead atoms. The number of amides is 4. The fourth-order valence-corrected chi connectivity index (χ4v) is 3.70. The van der Waals surface area contributed by atoms with Gasteiger partial charge in [0.2, 0.25) is 5.91 Å². The first kappa shape index (κ1) is 19.2. The summed E-state index contributed by atoms with van der Waals surface area (Å²) in [6.45, 7) is 2.82. The van der Waals surface area contributed by atoms with Crippen LogP contribution in [0.4, 0.5) is 4.79 Å². The monoisotopic (exact) mass is 373 g/mol. The molecule has 0 aliphatic carbocycles. The van der Waals surface area contributed by atoms with E-state index in [0.717, 1.165) is 30.6 Å². The van der Waals surface area contributed by atoms with E-state index in [2.05, 4.69) is 5.32 Å². The first-order valence-corrected chi connectivity index (χ1v) is 9.52. The van der Waals surface area contributed by atoms with Gasteiger partial charge in [0.1, 0.15) is 17.8 Å². The van der Waals surface area contributed by atoms with Crippen molar-refractivity contribution in [2.45, 2.75) is 44.6 Å². The van der Waals surface area contributed by atoms with Crippen molar-refractivity contribution in [1.82, 2.24) is 15.1 Å². The summed E-state index contributed by atoms with van der Waals surface area (Å²) in [5, 5.41) is 2.74. The van der Waals surface area contributed by atoms with Crippen molar-refractivity contribution in [2.24, 2.45) is 0 Å². The zero-order valence-electron chi connectivity index (χ0n) is 16.0. The molecular weight excluding hydrogens is 346 g/mol. The number of urea groups is 1. The number of ether oxygens (including phenoxy) is 1. The minimum atomic E-state index is -1.21. The van der Waals surface area contributed by atoms with Crippen molar-refractivity contribution in [3.8, 4) is 5.75 Å². The highest BCUT2D eigenvalue weighted by atomic mass is 16.5. The van der Waals surface area contributed by atoms with Gasteiger partial charge in [-0.2, -0.15) is 0 Å². The summed E-state index contributed by atoms with van der Waals surface area (Å²) < 4.78 is 5.22. The van der Waals surface area contributed by atoms with Crippen LogP contribution in [0.25, 0.3) is 0 Å². The number of hydrogen-bond acceptors (Lipinski definition) is 4. The van der Waals surface area contributed by atoms with E-state index in [1.807, 2.05) is 0 Å². The molecule has 2 fully saturated rings. The van der Waals surface area contributed by atoms with Crippen LogP contribution < -0.4 is 10.1 Å². The summed E-state index contributed by atoms with van der Waals surface area (Å²) in [7, 11) is 1.55. The molecule has 2 aliphatic rings. The zero-order chi connectivity index (χ0) is 19.4. The Hall–Kier alpha value is -2.57. The number of likely N-dealkylation sites (tertiary alicyclic amines) is 1. The third kappa shape index (κ3) is 3.91. The maximum Gasteiger partial charge on any atom is 0.325 e. The van der Waals surface area contributed by atoms with E-state index >= 15 is 0 Å². The van der Waals surface area contributed by atoms with Crippen LogP contribution in [-0.2, 0) is 15.1 Å². The standard InChI is InChI=1S/C20H27N3O4/c1-20(15-9-8-10-16(13-15)27-2)18(25)23(19(26)21-20)14-17(24)22-11-6-4-3-5-7-12-22/h8-10,13H,3-7,11-12,14H2,1-2H3,(H,21,26)/t20-/m1/s1. The van der Waals surface area contributed by atoms with Gasteiger partial charge < -0.3 is 15.0 Å². The number of carbonyl (C=O) groups is 3. The minimum Gasteiger partial charge on any atom is -0.497 e. The third-order valence-electron chi connectivity index (χ3n) is 5.42. The predicted octanol–water partition coefficient (Wildman–Crippen LogP) is 2.25. The fourth-order valence-electron chi connectivity index (χ4n) is 3.70. The van der Waals surface area contributed by atoms with Gasteiger partial charge in [-0.1, -0.05) is 31.4 Å². The van der Waals surface area contributed by atoms with Crippen LogP contribution in [0.2, 0.25) is 0 Å². The van der Waals surface area contributed by atoms with Gasteiger partial charge in [0.15, 0.2) is 0 Å². The molecule has 0 radical (unpaired) electrons. The molecule has 0 spiro atoms. The largest absolute Gasteiger partial charge is 0.497 e. The molecule has 4 amide bonds. The Kier molecular flexibility index (Phi) is 5.68. The molecule has 1 aromatic rings. The lowest BCUT2D eigenvalue weighted by Gasteiger charge is -2.27. The van der Waals surface area contributed by atoms with E-state index in [0.29, 0.717) is 24.4 Å². The molecule has 0 aromatic heterocycles. The smallest absolute Gasteiger partial charge is 0.325 e. The van der Waals surface area contributed by atoms with Crippen LogP contribution in [0.5, 0.6) is 5.75 Å². The molecule has 2 saturated heterocycles. The predicted molar refractivity (Wildman–Crippen MR) is 100 cm³/mol. The normalized spacial score (nSPS) is 23.6. The zero-order valence-corrected chi connectivity index (χ0v) is 16.0. The van der Waals surface area contributed by atoms with E-state index in [1.165, 1.54) is 6.42 Å². The molecular formula is C20H27N3O4. The molecule has 1 atom stereocenters. The molecule has 1 aromatic carbocycles. The number of benzene rings is 1. The highest BCUT2D eigenvalue weighted by molar-refractivity contribution is 6.09. The lowest BCUT2D eigenvalue weighted by molar-refractivity contribution is -0.139. The van der Waals surface area contributed by atoms with E-state index in [9.17, 15) is 14.4 Å². The van der Waals surface area contributed by atoms with E-state index in [1.54, 1.807) is 43.2 Å². The summed E-state index contributed by atoms with van der Waals surface area (Å²) in [5.41, 5.74) is -0.580. The maximum absolute atomic E-state index is 13.0. The molecule has 1 N–H and O–H groups in total. The number of rotatable bonds is 4. The third-order valence-corrected chi connectivity index (χ3v) is 5.42. The lowest BCUT2D eigenvalue weighted by atomic mass is 9.92. The molecule has 0 unspecified atom stereocenters.